The predicted molar refractivity (Wildman–Crippen MR) is 53.5 cm³/mol. The van der Waals surface area contributed by atoms with Crippen LogP contribution in [0, 0.1) is 0 Å². The Labute approximate surface area is 84.1 Å². The third-order valence-corrected chi connectivity index (χ3v) is 1.58. The van der Waals surface area contributed by atoms with Crippen LogP contribution in [-0.2, 0) is 0 Å². The van der Waals surface area contributed by atoms with Gasteiger partial charge in [-0.15, -0.1) is 12.4 Å². The normalized spacial score (nSPS) is 9.77. The molecule has 0 amide bonds. The van der Waals surface area contributed by atoms with Gasteiger partial charge < -0.3 is 9.32 Å². The molecular weight excluding hydrogens is 190 g/mol. The summed E-state index contributed by atoms with van der Waals surface area (Å²) in [6.07, 6.45) is 2.03. The number of carbonyl (C=O) groups excluding carboxylic acids is 1. The predicted octanol–water partition coefficient (Wildman–Crippen LogP) is 1.84. The van der Waals surface area contributed by atoms with Crippen molar-refractivity contribution in [3.8, 4) is 0 Å². The number of carbonyl (C=O) groups is 1. The Hall–Kier alpha value is -0.800. The molecule has 1 aromatic heterocycles. The monoisotopic (exact) mass is 203 g/mol. The Morgan fingerprint density at radius 1 is 1.54 bits per heavy atom. The third kappa shape index (κ3) is 4.10. The van der Waals surface area contributed by atoms with Crippen molar-refractivity contribution in [1.82, 2.24) is 4.90 Å². The van der Waals surface area contributed by atoms with Gasteiger partial charge in [-0.3, -0.25) is 4.79 Å². The Morgan fingerprint density at radius 3 is 2.69 bits per heavy atom. The summed E-state index contributed by atoms with van der Waals surface area (Å²) in [5.74, 6) is 0.519. The molecule has 0 aliphatic rings. The molecule has 1 rings (SSSR count). The van der Waals surface area contributed by atoms with Crippen molar-refractivity contribution in [2.75, 3.05) is 20.6 Å². The van der Waals surface area contributed by atoms with E-state index in [1.807, 2.05) is 19.0 Å². The second-order valence-corrected chi connectivity index (χ2v) is 2.95. The number of nitrogens with zero attached hydrogens (tertiary/aromatic N) is 1. The van der Waals surface area contributed by atoms with Gasteiger partial charge in [0.05, 0.1) is 6.26 Å². The average Bonchev–Trinajstić information content (AvgIpc) is 2.51. The van der Waals surface area contributed by atoms with Crippen LogP contribution >= 0.6 is 12.4 Å². The summed E-state index contributed by atoms with van der Waals surface area (Å²) in [7, 11) is 3.88. The lowest BCUT2D eigenvalue weighted by molar-refractivity contribution is 0.0945. The first-order chi connectivity index (χ1) is 5.70. The molecule has 0 atom stereocenters. The minimum Gasteiger partial charge on any atom is -0.461 e. The maximum atomic E-state index is 11.3. The molecule has 0 fully saturated rings. The molecule has 0 aliphatic carbocycles. The fourth-order valence-electron chi connectivity index (χ4n) is 0.886. The van der Waals surface area contributed by atoms with E-state index < -0.39 is 0 Å². The molecule has 0 radical (unpaired) electrons. The molecule has 0 saturated carbocycles. The van der Waals surface area contributed by atoms with Gasteiger partial charge in [0.15, 0.2) is 11.5 Å². The molecule has 1 heterocycles. The second kappa shape index (κ2) is 5.78. The SMILES string of the molecule is CN(C)CCC(=O)c1ccco1.Cl. The van der Waals surface area contributed by atoms with Crippen LogP contribution in [0.4, 0.5) is 0 Å². The Balaban J connectivity index is 0.00000144. The van der Waals surface area contributed by atoms with E-state index in [1.54, 1.807) is 12.1 Å². The van der Waals surface area contributed by atoms with E-state index in [1.165, 1.54) is 6.26 Å². The van der Waals surface area contributed by atoms with Crippen LogP contribution in [0.1, 0.15) is 17.0 Å². The number of furan rings is 1. The summed E-state index contributed by atoms with van der Waals surface area (Å²) in [6.45, 7) is 0.763. The molecule has 3 nitrogen and oxygen atoms in total. The van der Waals surface area contributed by atoms with Gasteiger partial charge in [-0.05, 0) is 26.2 Å². The molecule has 0 aromatic carbocycles. The van der Waals surface area contributed by atoms with E-state index in [0.717, 1.165) is 6.54 Å². The lowest BCUT2D eigenvalue weighted by Crippen LogP contribution is -2.16. The Morgan fingerprint density at radius 2 is 2.23 bits per heavy atom. The summed E-state index contributed by atoms with van der Waals surface area (Å²) in [6, 6.07) is 3.42. The highest BCUT2D eigenvalue weighted by molar-refractivity contribution is 5.93. The highest BCUT2D eigenvalue weighted by Crippen LogP contribution is 2.03. The van der Waals surface area contributed by atoms with E-state index >= 15 is 0 Å². The Bertz CT molecular complexity index is 244. The first kappa shape index (κ1) is 12.2. The summed E-state index contributed by atoms with van der Waals surface area (Å²) >= 11 is 0. The summed E-state index contributed by atoms with van der Waals surface area (Å²) in [5.41, 5.74) is 0. The summed E-state index contributed by atoms with van der Waals surface area (Å²) < 4.78 is 4.96. The summed E-state index contributed by atoms with van der Waals surface area (Å²) in [5, 5.41) is 0. The number of hydrogen-bond acceptors (Lipinski definition) is 3. The molecular formula is C9H14ClNO2. The van der Waals surface area contributed by atoms with Crippen molar-refractivity contribution in [3.63, 3.8) is 0 Å². The number of Topliss-reactive ketones (excluding diaryl/α,β-unsaturated/α-hetero) is 1. The molecule has 74 valence electrons. The van der Waals surface area contributed by atoms with Crippen LogP contribution in [-0.4, -0.2) is 31.3 Å². The molecule has 1 aromatic rings. The van der Waals surface area contributed by atoms with Crippen LogP contribution in [0.15, 0.2) is 22.8 Å². The van der Waals surface area contributed by atoms with Crippen LogP contribution in [0.25, 0.3) is 0 Å². The molecule has 13 heavy (non-hydrogen) atoms. The summed E-state index contributed by atoms with van der Waals surface area (Å²) in [4.78, 5) is 13.3. The maximum Gasteiger partial charge on any atom is 0.199 e. The molecule has 0 aliphatic heterocycles. The third-order valence-electron chi connectivity index (χ3n) is 1.58. The standard InChI is InChI=1S/C9H13NO2.ClH/c1-10(2)6-5-8(11)9-4-3-7-12-9;/h3-4,7H,5-6H2,1-2H3;1H. The second-order valence-electron chi connectivity index (χ2n) is 2.95. The van der Waals surface area contributed by atoms with Gasteiger partial charge in [-0.25, -0.2) is 0 Å². The number of rotatable bonds is 4. The van der Waals surface area contributed by atoms with Gasteiger partial charge in [0.2, 0.25) is 0 Å². The minimum absolute atomic E-state index is 0. The number of ketones is 1. The Kier molecular flexibility index (Phi) is 5.42. The van der Waals surface area contributed by atoms with E-state index in [0.29, 0.717) is 12.2 Å². The molecule has 0 N–H and O–H groups in total. The van der Waals surface area contributed by atoms with Crippen molar-refractivity contribution >= 4 is 18.2 Å². The van der Waals surface area contributed by atoms with Gasteiger partial charge in [0, 0.05) is 13.0 Å². The highest BCUT2D eigenvalue weighted by atomic mass is 35.5. The molecule has 0 spiro atoms. The van der Waals surface area contributed by atoms with Crippen LogP contribution in [0.2, 0.25) is 0 Å². The quantitative estimate of drug-likeness (QED) is 0.701. The van der Waals surface area contributed by atoms with Gasteiger partial charge in [0.1, 0.15) is 0 Å². The van der Waals surface area contributed by atoms with E-state index in [-0.39, 0.29) is 18.2 Å². The largest absolute Gasteiger partial charge is 0.461 e. The van der Waals surface area contributed by atoms with Crippen molar-refractivity contribution < 1.29 is 9.21 Å². The highest BCUT2D eigenvalue weighted by Gasteiger charge is 2.07. The lowest BCUT2D eigenvalue weighted by atomic mass is 10.2. The van der Waals surface area contributed by atoms with Crippen molar-refractivity contribution in [2.45, 2.75) is 6.42 Å². The fraction of sp³-hybridized carbons (Fsp3) is 0.444. The topological polar surface area (TPSA) is 33.5 Å². The van der Waals surface area contributed by atoms with Crippen molar-refractivity contribution in [3.05, 3.63) is 24.2 Å². The molecule has 4 heteroatoms. The zero-order chi connectivity index (χ0) is 8.97. The van der Waals surface area contributed by atoms with Gasteiger partial charge in [0.25, 0.3) is 0 Å². The smallest absolute Gasteiger partial charge is 0.199 e. The molecule has 0 saturated heterocycles. The number of hydrogen-bond donors (Lipinski definition) is 0. The molecule has 0 unspecified atom stereocenters. The first-order valence-electron chi connectivity index (χ1n) is 3.91. The van der Waals surface area contributed by atoms with Crippen LogP contribution < -0.4 is 0 Å². The average molecular weight is 204 g/mol. The number of halogens is 1. The van der Waals surface area contributed by atoms with Crippen LogP contribution in [0.3, 0.4) is 0 Å². The maximum absolute atomic E-state index is 11.3. The lowest BCUT2D eigenvalue weighted by Gasteiger charge is -2.06. The van der Waals surface area contributed by atoms with Crippen LogP contribution in [0.5, 0.6) is 0 Å². The zero-order valence-corrected chi connectivity index (χ0v) is 8.63. The fourth-order valence-corrected chi connectivity index (χ4v) is 0.886. The van der Waals surface area contributed by atoms with E-state index in [2.05, 4.69) is 0 Å². The first-order valence-corrected chi connectivity index (χ1v) is 3.91. The minimum atomic E-state index is 0. The van der Waals surface area contributed by atoms with Crippen molar-refractivity contribution in [2.24, 2.45) is 0 Å². The van der Waals surface area contributed by atoms with E-state index in [4.69, 9.17) is 4.42 Å². The zero-order valence-electron chi connectivity index (χ0n) is 7.82. The van der Waals surface area contributed by atoms with E-state index in [9.17, 15) is 4.79 Å². The molecule has 0 bridgehead atoms. The van der Waals surface area contributed by atoms with Gasteiger partial charge >= 0.3 is 0 Å². The van der Waals surface area contributed by atoms with Gasteiger partial charge in [-0.2, -0.15) is 0 Å². The van der Waals surface area contributed by atoms with Crippen molar-refractivity contribution in [1.29, 1.82) is 0 Å². The van der Waals surface area contributed by atoms with Gasteiger partial charge in [-0.1, -0.05) is 0 Å².